The smallest absolute Gasteiger partial charge is 0.212 e. The van der Waals surface area contributed by atoms with Crippen molar-refractivity contribution in [1.82, 2.24) is 4.57 Å². The molecular formula is C8H6N2O. The maximum Gasteiger partial charge on any atom is 0.212 e. The van der Waals surface area contributed by atoms with E-state index < -0.39 is 0 Å². The summed E-state index contributed by atoms with van der Waals surface area (Å²) < 4.78 is 1.71. The first-order chi connectivity index (χ1) is 5.25. The molecule has 3 heteroatoms. The second-order valence-electron chi connectivity index (χ2n) is 2.62. The van der Waals surface area contributed by atoms with Crippen molar-refractivity contribution in [3.63, 3.8) is 0 Å². The van der Waals surface area contributed by atoms with Gasteiger partial charge in [0, 0.05) is 6.20 Å². The van der Waals surface area contributed by atoms with E-state index in [4.69, 9.17) is 5.26 Å². The predicted molar refractivity (Wildman–Crippen MR) is 40.9 cm³/mol. The Bertz CT molecular complexity index is 451. The molecule has 3 nitrogen and oxygen atoms in total. The van der Waals surface area contributed by atoms with E-state index in [0.29, 0.717) is 5.52 Å². The van der Waals surface area contributed by atoms with Gasteiger partial charge in [0.05, 0.1) is 11.5 Å². The first kappa shape index (κ1) is 6.17. The molecule has 54 valence electrons. The number of rotatable bonds is 1. The average molecular weight is 146 g/mol. The van der Waals surface area contributed by atoms with Gasteiger partial charge in [0.2, 0.25) is 5.43 Å². The van der Waals surface area contributed by atoms with Crippen LogP contribution in [0.25, 0.3) is 10.9 Å². The standard InChI is InChI=1S/C8H6N2O/c1-5(4-9)10-3-2-6-7(10)8(6)11/h2-3,5H,1H3. The van der Waals surface area contributed by atoms with Gasteiger partial charge in [-0.25, -0.2) is 0 Å². The second kappa shape index (κ2) is 1.73. The van der Waals surface area contributed by atoms with Crippen LogP contribution in [0, 0.1) is 11.3 Å². The Morgan fingerprint density at radius 1 is 1.73 bits per heavy atom. The van der Waals surface area contributed by atoms with Gasteiger partial charge in [-0.15, -0.1) is 0 Å². The molecule has 1 unspecified atom stereocenters. The van der Waals surface area contributed by atoms with E-state index in [1.807, 2.05) is 0 Å². The molecule has 0 N–H and O–H groups in total. The molecule has 0 aliphatic carbocycles. The highest BCUT2D eigenvalue weighted by Crippen LogP contribution is 2.19. The van der Waals surface area contributed by atoms with Gasteiger partial charge in [-0.3, -0.25) is 4.79 Å². The topological polar surface area (TPSA) is 45.8 Å². The molecule has 0 amide bonds. The van der Waals surface area contributed by atoms with Crippen molar-refractivity contribution in [3.8, 4) is 6.07 Å². The number of nitrogens with zero attached hydrogens (tertiary/aromatic N) is 2. The van der Waals surface area contributed by atoms with Crippen molar-refractivity contribution in [2.75, 3.05) is 0 Å². The van der Waals surface area contributed by atoms with Crippen LogP contribution in [0.5, 0.6) is 0 Å². The minimum absolute atomic E-state index is 0.0922. The summed E-state index contributed by atoms with van der Waals surface area (Å²) in [5, 5.41) is 9.33. The van der Waals surface area contributed by atoms with Gasteiger partial charge in [0.15, 0.2) is 0 Å². The summed E-state index contributed by atoms with van der Waals surface area (Å²) in [6, 6.07) is 3.60. The molecule has 2 rings (SSSR count). The molecule has 0 spiro atoms. The van der Waals surface area contributed by atoms with Crippen LogP contribution in [0.3, 0.4) is 0 Å². The van der Waals surface area contributed by atoms with E-state index in [0.717, 1.165) is 5.39 Å². The Morgan fingerprint density at radius 3 is 2.91 bits per heavy atom. The van der Waals surface area contributed by atoms with Crippen LogP contribution >= 0.6 is 0 Å². The van der Waals surface area contributed by atoms with Crippen LogP contribution in [0.15, 0.2) is 17.1 Å². The van der Waals surface area contributed by atoms with Gasteiger partial charge in [0.1, 0.15) is 11.6 Å². The molecule has 0 bridgehead atoms. The zero-order chi connectivity index (χ0) is 8.01. The number of nitriles is 1. The summed E-state index contributed by atoms with van der Waals surface area (Å²) in [7, 11) is 0. The highest BCUT2D eigenvalue weighted by molar-refractivity contribution is 5.95. The highest BCUT2D eigenvalue weighted by Gasteiger charge is 2.19. The molecular weight excluding hydrogens is 140 g/mol. The van der Waals surface area contributed by atoms with Gasteiger partial charge in [-0.1, -0.05) is 0 Å². The number of pyridine rings is 1. The predicted octanol–water partition coefficient (Wildman–Crippen LogP) is 0.962. The molecule has 1 aromatic carbocycles. The molecule has 0 aliphatic rings. The van der Waals surface area contributed by atoms with E-state index >= 15 is 0 Å². The Hall–Kier alpha value is -1.56. The van der Waals surface area contributed by atoms with E-state index in [-0.39, 0.29) is 11.5 Å². The highest BCUT2D eigenvalue weighted by atomic mass is 16.1. The quantitative estimate of drug-likeness (QED) is 0.601. The molecule has 0 saturated carbocycles. The molecule has 2 aromatic rings. The Labute approximate surface area is 63.1 Å². The summed E-state index contributed by atoms with van der Waals surface area (Å²) >= 11 is 0. The monoisotopic (exact) mass is 146 g/mol. The Kier molecular flexibility index (Phi) is 0.970. The first-order valence-electron chi connectivity index (χ1n) is 3.41. The third-order valence-electron chi connectivity index (χ3n) is 1.92. The lowest BCUT2D eigenvalue weighted by Gasteiger charge is -2.01. The fourth-order valence-electron chi connectivity index (χ4n) is 1.20. The fraction of sp³-hybridized carbons (Fsp3) is 0.250. The van der Waals surface area contributed by atoms with Crippen molar-refractivity contribution in [3.05, 3.63) is 22.5 Å². The molecule has 11 heavy (non-hydrogen) atoms. The number of hydrogen-bond donors (Lipinski definition) is 0. The van der Waals surface area contributed by atoms with Crippen molar-refractivity contribution >= 4 is 10.9 Å². The summed E-state index contributed by atoms with van der Waals surface area (Å²) in [6.07, 6.45) is 1.78. The first-order valence-corrected chi connectivity index (χ1v) is 3.41. The van der Waals surface area contributed by atoms with Crippen LogP contribution in [-0.2, 0) is 0 Å². The minimum Gasteiger partial charge on any atom is -0.328 e. The van der Waals surface area contributed by atoms with E-state index in [9.17, 15) is 4.79 Å². The number of hydrogen-bond acceptors (Lipinski definition) is 2. The summed E-state index contributed by atoms with van der Waals surface area (Å²) in [5.74, 6) is 0. The molecule has 1 aromatic heterocycles. The lowest BCUT2D eigenvalue weighted by atomic mass is 10.4. The van der Waals surface area contributed by atoms with Gasteiger partial charge in [-0.2, -0.15) is 5.26 Å². The summed E-state index contributed by atoms with van der Waals surface area (Å²) in [5.41, 5.74) is 0.800. The van der Waals surface area contributed by atoms with Crippen molar-refractivity contribution < 1.29 is 0 Å². The molecule has 1 atom stereocenters. The molecule has 0 saturated heterocycles. The van der Waals surface area contributed by atoms with Crippen LogP contribution in [0.4, 0.5) is 0 Å². The van der Waals surface area contributed by atoms with Gasteiger partial charge < -0.3 is 4.57 Å². The zero-order valence-electron chi connectivity index (χ0n) is 6.03. The van der Waals surface area contributed by atoms with E-state index in [1.165, 1.54) is 0 Å². The van der Waals surface area contributed by atoms with Crippen molar-refractivity contribution in [2.45, 2.75) is 13.0 Å². The van der Waals surface area contributed by atoms with Gasteiger partial charge >= 0.3 is 0 Å². The summed E-state index contributed by atoms with van der Waals surface area (Å²) in [6.45, 7) is 1.77. The van der Waals surface area contributed by atoms with Crippen LogP contribution < -0.4 is 5.43 Å². The SMILES string of the molecule is CC(C#N)n1ccc2c(=O)c21. The number of fused-ring (bicyclic) bond motifs is 1. The molecule has 1 heterocycles. The number of aromatic nitrogens is 1. The average Bonchev–Trinajstić information content (AvgIpc) is 2.53. The van der Waals surface area contributed by atoms with E-state index in [2.05, 4.69) is 6.07 Å². The molecule has 0 aliphatic heterocycles. The van der Waals surface area contributed by atoms with Crippen molar-refractivity contribution in [2.24, 2.45) is 0 Å². The third kappa shape index (κ3) is 0.637. The van der Waals surface area contributed by atoms with Crippen LogP contribution in [0.2, 0.25) is 0 Å². The van der Waals surface area contributed by atoms with Crippen LogP contribution in [-0.4, -0.2) is 4.57 Å². The maximum atomic E-state index is 10.9. The third-order valence-corrected chi connectivity index (χ3v) is 1.92. The minimum atomic E-state index is -0.231. The lowest BCUT2D eigenvalue weighted by molar-refractivity contribution is 0.702. The van der Waals surface area contributed by atoms with Gasteiger partial charge in [-0.05, 0) is 13.0 Å². The Balaban J connectivity index is 2.57. The van der Waals surface area contributed by atoms with E-state index in [1.54, 1.807) is 23.8 Å². The van der Waals surface area contributed by atoms with Crippen molar-refractivity contribution in [1.29, 1.82) is 5.26 Å². The zero-order valence-corrected chi connectivity index (χ0v) is 6.03. The van der Waals surface area contributed by atoms with Gasteiger partial charge in [0.25, 0.3) is 0 Å². The molecule has 0 fully saturated rings. The normalized spacial score (nSPS) is 13.8. The Morgan fingerprint density at radius 2 is 2.45 bits per heavy atom. The molecule has 0 radical (unpaired) electrons. The maximum absolute atomic E-state index is 10.9. The lowest BCUT2D eigenvalue weighted by Crippen LogP contribution is -2.00. The largest absolute Gasteiger partial charge is 0.328 e. The van der Waals surface area contributed by atoms with Crippen LogP contribution in [0.1, 0.15) is 13.0 Å². The summed E-state index contributed by atoms with van der Waals surface area (Å²) in [4.78, 5) is 10.9. The fourth-order valence-corrected chi connectivity index (χ4v) is 1.20. The second-order valence-corrected chi connectivity index (χ2v) is 2.62.